The van der Waals surface area contributed by atoms with Gasteiger partial charge in [0, 0.05) is 6.54 Å². The first-order chi connectivity index (χ1) is 8.99. The quantitative estimate of drug-likeness (QED) is 0.400. The van der Waals surface area contributed by atoms with Crippen molar-refractivity contribution in [2.24, 2.45) is 11.6 Å². The molecule has 0 bridgehead atoms. The minimum Gasteiger partial charge on any atom is -0.342 e. The number of thiophene rings is 1. The highest BCUT2D eigenvalue weighted by atomic mass is 32.1. The van der Waals surface area contributed by atoms with Gasteiger partial charge in [0.05, 0.1) is 4.88 Å². The molecule has 0 radical (unpaired) electrons. The number of nitrogens with one attached hydrogen (secondary N) is 1. The summed E-state index contributed by atoms with van der Waals surface area (Å²) in [7, 11) is -1.08. The van der Waals surface area contributed by atoms with Crippen LogP contribution in [0.5, 0.6) is 0 Å². The smallest absolute Gasteiger partial charge is 0.342 e. The molecule has 102 valence electrons. The van der Waals surface area contributed by atoms with Crippen molar-refractivity contribution in [1.29, 1.82) is 0 Å². The largest absolute Gasteiger partial charge is 0.359 e. The number of hydrogen-bond acceptors (Lipinski definition) is 6. The lowest BCUT2D eigenvalue weighted by molar-refractivity contribution is -0.137. The maximum absolute atomic E-state index is 12.0. The van der Waals surface area contributed by atoms with Gasteiger partial charge in [0.15, 0.2) is 0 Å². The van der Waals surface area contributed by atoms with Crippen LogP contribution in [0.3, 0.4) is 0 Å². The van der Waals surface area contributed by atoms with Crippen molar-refractivity contribution in [3.05, 3.63) is 22.4 Å². The predicted octanol–water partition coefficient (Wildman–Crippen LogP) is -0.368. The fourth-order valence-corrected chi connectivity index (χ4v) is 3.14. The molecule has 2 unspecified atom stereocenters. The molecule has 5 N–H and O–H groups in total. The third-order valence-electron chi connectivity index (χ3n) is 3.04. The molecule has 1 aromatic heterocycles. The van der Waals surface area contributed by atoms with Crippen molar-refractivity contribution >= 4 is 31.6 Å². The van der Waals surface area contributed by atoms with E-state index in [0.717, 1.165) is 5.01 Å². The summed E-state index contributed by atoms with van der Waals surface area (Å²) < 4.78 is 11.3. The van der Waals surface area contributed by atoms with Crippen molar-refractivity contribution < 1.29 is 14.2 Å². The molecule has 3 atom stereocenters. The van der Waals surface area contributed by atoms with Crippen LogP contribution in [0.25, 0.3) is 0 Å². The van der Waals surface area contributed by atoms with Crippen LogP contribution >= 0.6 is 19.8 Å². The van der Waals surface area contributed by atoms with Gasteiger partial charge in [-0.25, -0.2) is 5.84 Å². The maximum atomic E-state index is 12.0. The van der Waals surface area contributed by atoms with Gasteiger partial charge in [0.25, 0.3) is 5.91 Å². The second-order valence-electron chi connectivity index (χ2n) is 4.26. The topological polar surface area (TPSA) is 119 Å². The first kappa shape index (κ1) is 14.1. The third-order valence-corrected chi connectivity index (χ3v) is 4.81. The van der Waals surface area contributed by atoms with E-state index in [2.05, 4.69) is 5.32 Å². The second-order valence-corrected chi connectivity index (χ2v) is 6.24. The van der Waals surface area contributed by atoms with Crippen LogP contribution < -0.4 is 16.9 Å². The highest BCUT2D eigenvalue weighted by Crippen LogP contribution is 2.29. The number of carbonyl (C=O) groups excluding carboxylic acids is 2. The first-order valence-corrected chi connectivity index (χ1v) is 7.37. The molecule has 0 aliphatic carbocycles. The van der Waals surface area contributed by atoms with E-state index in [0.29, 0.717) is 11.3 Å². The summed E-state index contributed by atoms with van der Waals surface area (Å²) >= 11 is 1.28. The molecule has 1 aliphatic rings. The summed E-state index contributed by atoms with van der Waals surface area (Å²) in [6.45, 7) is 0.262. The Kier molecular flexibility index (Phi) is 3.96. The lowest BCUT2D eigenvalue weighted by Gasteiger charge is -2.34. The third kappa shape index (κ3) is 2.52. The van der Waals surface area contributed by atoms with Crippen molar-refractivity contribution in [3.63, 3.8) is 0 Å². The zero-order valence-corrected chi connectivity index (χ0v) is 11.8. The Bertz CT molecular complexity index is 509. The maximum Gasteiger partial charge on any atom is 0.359 e. The van der Waals surface area contributed by atoms with E-state index in [4.69, 9.17) is 11.6 Å². The summed E-state index contributed by atoms with van der Waals surface area (Å²) in [4.78, 5) is 24.4. The van der Waals surface area contributed by atoms with Crippen LogP contribution in [-0.4, -0.2) is 34.7 Å². The van der Waals surface area contributed by atoms with E-state index in [1.807, 2.05) is 0 Å². The Morgan fingerprint density at radius 2 is 2.37 bits per heavy atom. The number of carbonyl (C=O) groups is 2. The summed E-state index contributed by atoms with van der Waals surface area (Å²) in [5.41, 5.74) is 5.86. The minimum atomic E-state index is -1.65. The van der Waals surface area contributed by atoms with Crippen molar-refractivity contribution in [2.75, 3.05) is 6.54 Å². The van der Waals surface area contributed by atoms with Gasteiger partial charge in [0.2, 0.25) is 0 Å². The molecule has 1 saturated heterocycles. The van der Waals surface area contributed by atoms with Gasteiger partial charge >= 0.3 is 19.6 Å². The SMILES string of the molecule is NN1CCC(NC(=O)c2cccs2)[C@](N)([PH+]=O)C1=O. The molecule has 1 fully saturated rings. The summed E-state index contributed by atoms with van der Waals surface area (Å²) in [5, 5.41) is 3.73. The molecular formula is C10H14N4O3PS+. The van der Waals surface area contributed by atoms with Crippen LogP contribution in [0.4, 0.5) is 0 Å². The minimum absolute atomic E-state index is 0.262. The van der Waals surface area contributed by atoms with Crippen LogP contribution in [0.15, 0.2) is 17.5 Å². The first-order valence-electron chi connectivity index (χ1n) is 5.58. The van der Waals surface area contributed by atoms with Crippen molar-refractivity contribution in [3.8, 4) is 0 Å². The molecule has 7 nitrogen and oxygen atoms in total. The van der Waals surface area contributed by atoms with E-state index in [9.17, 15) is 14.2 Å². The number of nitrogens with zero attached hydrogens (tertiary/aromatic N) is 1. The number of rotatable bonds is 3. The highest BCUT2D eigenvalue weighted by molar-refractivity contribution is 7.27. The molecule has 2 heterocycles. The van der Waals surface area contributed by atoms with Gasteiger partial charge < -0.3 is 5.32 Å². The van der Waals surface area contributed by atoms with Crippen LogP contribution in [0.1, 0.15) is 16.1 Å². The van der Waals surface area contributed by atoms with Crippen LogP contribution in [-0.2, 0) is 9.36 Å². The fraction of sp³-hybridized carbons (Fsp3) is 0.400. The van der Waals surface area contributed by atoms with Crippen LogP contribution in [0, 0.1) is 0 Å². The van der Waals surface area contributed by atoms with E-state index >= 15 is 0 Å². The average Bonchev–Trinajstić information content (AvgIpc) is 2.93. The zero-order valence-electron chi connectivity index (χ0n) is 9.96. The molecular weight excluding hydrogens is 287 g/mol. The number of amides is 2. The standard InChI is InChI=1S/C10H13N4O3PS/c11-10(18-17)7(3-4-14(12)9(10)16)13-8(15)6-2-1-5-19-6/h1-2,5,7H,3-4,11-12H2,(H,13,15)/p+1/t7?,10-/m0/s1. The van der Waals surface area contributed by atoms with Gasteiger partial charge in [-0.1, -0.05) is 10.6 Å². The highest BCUT2D eigenvalue weighted by Gasteiger charge is 2.56. The van der Waals surface area contributed by atoms with Gasteiger partial charge in [0.1, 0.15) is 6.04 Å². The lowest BCUT2D eigenvalue weighted by Crippen LogP contribution is -2.68. The van der Waals surface area contributed by atoms with Crippen LogP contribution in [0.2, 0.25) is 0 Å². The molecule has 1 aromatic rings. The average molecular weight is 301 g/mol. The Morgan fingerprint density at radius 3 is 2.95 bits per heavy atom. The molecule has 0 saturated carbocycles. The number of hydrogen-bond donors (Lipinski definition) is 3. The van der Waals surface area contributed by atoms with Gasteiger partial charge in [-0.3, -0.25) is 20.3 Å². The molecule has 19 heavy (non-hydrogen) atoms. The Hall–Kier alpha value is -1.34. The molecule has 1 aliphatic heterocycles. The Labute approximate surface area is 115 Å². The van der Waals surface area contributed by atoms with E-state index in [-0.39, 0.29) is 12.5 Å². The number of nitrogens with two attached hydrogens (primary N) is 2. The number of hydrazine groups is 1. The summed E-state index contributed by atoms with van der Waals surface area (Å²) in [6.07, 6.45) is 0.366. The molecule has 0 aromatic carbocycles. The van der Waals surface area contributed by atoms with Gasteiger partial charge in [-0.2, -0.15) is 0 Å². The Balaban J connectivity index is 2.17. The molecule has 0 spiro atoms. The fourth-order valence-electron chi connectivity index (χ4n) is 1.92. The molecule has 9 heteroatoms. The van der Waals surface area contributed by atoms with Gasteiger partial charge in [-0.05, 0) is 17.9 Å². The van der Waals surface area contributed by atoms with Gasteiger partial charge in [-0.15, -0.1) is 11.3 Å². The monoisotopic (exact) mass is 301 g/mol. The molecule has 2 rings (SSSR count). The number of piperidine rings is 1. The second kappa shape index (κ2) is 5.34. The molecule has 2 amide bonds. The zero-order chi connectivity index (χ0) is 14.0. The van der Waals surface area contributed by atoms with Crippen molar-refractivity contribution in [1.82, 2.24) is 10.3 Å². The predicted molar refractivity (Wildman–Crippen MR) is 72.0 cm³/mol. The normalized spacial score (nSPS) is 27.6. The summed E-state index contributed by atoms with van der Waals surface area (Å²) in [6, 6.07) is 2.72. The lowest BCUT2D eigenvalue weighted by atomic mass is 9.99. The Morgan fingerprint density at radius 1 is 1.63 bits per heavy atom. The van der Waals surface area contributed by atoms with E-state index < -0.39 is 25.7 Å². The van der Waals surface area contributed by atoms with E-state index in [1.54, 1.807) is 17.5 Å². The van der Waals surface area contributed by atoms with Crippen molar-refractivity contribution in [2.45, 2.75) is 17.7 Å². The van der Waals surface area contributed by atoms with E-state index in [1.165, 1.54) is 11.3 Å². The summed E-state index contributed by atoms with van der Waals surface area (Å²) in [5.74, 6) is 4.53.